The van der Waals surface area contributed by atoms with Gasteiger partial charge in [0.25, 0.3) is 0 Å². The van der Waals surface area contributed by atoms with Gasteiger partial charge in [-0.15, -0.1) is 0 Å². The van der Waals surface area contributed by atoms with Gasteiger partial charge in [0.2, 0.25) is 5.95 Å². The van der Waals surface area contributed by atoms with Crippen LogP contribution in [0.1, 0.15) is 0 Å². The molecule has 0 saturated carbocycles. The van der Waals surface area contributed by atoms with Crippen molar-refractivity contribution in [1.29, 1.82) is 0 Å². The van der Waals surface area contributed by atoms with Gasteiger partial charge < -0.3 is 9.87 Å². The number of aromatic nitrogens is 3. The maximum atomic E-state index is 10.7. The van der Waals surface area contributed by atoms with E-state index in [9.17, 15) is 13.0 Å². The summed E-state index contributed by atoms with van der Waals surface area (Å²) in [5.41, 5.74) is 0.573. The topological polar surface area (TPSA) is 108 Å². The van der Waals surface area contributed by atoms with Gasteiger partial charge in [0, 0.05) is 5.69 Å². The third-order valence-corrected chi connectivity index (χ3v) is 2.74. The fourth-order valence-electron chi connectivity index (χ4n) is 1.14. The van der Waals surface area contributed by atoms with Crippen LogP contribution in [0.5, 0.6) is 0 Å². The quantitative estimate of drug-likeness (QED) is 0.488. The molecule has 0 fully saturated rings. The molecule has 0 saturated heterocycles. The number of hydrogen-bond donors (Lipinski definition) is 1. The standard InChI is InChI=1S/C9H8N4O3S.Na/c14-17(15,16)8-3-1-7(2-4-8)13-9-11-5-10-6-12-9;/h1-6H,(H,14,15,16)(H,10,11,12,13);/q;+1/p-1. The van der Waals surface area contributed by atoms with Gasteiger partial charge in [-0.05, 0) is 24.3 Å². The zero-order chi connectivity index (χ0) is 12.3. The van der Waals surface area contributed by atoms with E-state index in [1.165, 1.54) is 36.9 Å². The number of benzene rings is 1. The fraction of sp³-hybridized carbons (Fsp3) is 0. The van der Waals surface area contributed by atoms with E-state index < -0.39 is 10.1 Å². The summed E-state index contributed by atoms with van der Waals surface area (Å²) in [6.07, 6.45) is 2.65. The van der Waals surface area contributed by atoms with Crippen LogP contribution in [0.2, 0.25) is 0 Å². The summed E-state index contributed by atoms with van der Waals surface area (Å²) in [4.78, 5) is 11.0. The summed E-state index contributed by atoms with van der Waals surface area (Å²) in [5.74, 6) is 0.331. The van der Waals surface area contributed by atoms with Gasteiger partial charge in [-0.2, -0.15) is 0 Å². The van der Waals surface area contributed by atoms with Crippen LogP contribution in [-0.2, 0) is 10.1 Å². The number of nitrogens with zero attached hydrogens (tertiary/aromatic N) is 3. The molecule has 2 rings (SSSR count). The first-order chi connectivity index (χ1) is 8.05. The van der Waals surface area contributed by atoms with Crippen molar-refractivity contribution in [3.8, 4) is 0 Å². The Kier molecular flexibility index (Phi) is 5.17. The second kappa shape index (κ2) is 6.21. The largest absolute Gasteiger partial charge is 1.00 e. The van der Waals surface area contributed by atoms with Crippen LogP contribution in [0.3, 0.4) is 0 Å². The molecule has 0 bridgehead atoms. The van der Waals surface area contributed by atoms with E-state index in [1.807, 2.05) is 0 Å². The van der Waals surface area contributed by atoms with Gasteiger partial charge in [0.15, 0.2) is 0 Å². The summed E-state index contributed by atoms with van der Waals surface area (Å²) in [6.45, 7) is 0. The molecule has 0 aliphatic rings. The van der Waals surface area contributed by atoms with E-state index in [2.05, 4.69) is 20.3 Å². The van der Waals surface area contributed by atoms with Gasteiger partial charge in [0.1, 0.15) is 22.8 Å². The van der Waals surface area contributed by atoms with Crippen molar-refractivity contribution in [2.45, 2.75) is 4.90 Å². The molecular formula is C9H7N4NaO3S. The molecule has 9 heteroatoms. The predicted octanol–water partition coefficient (Wildman–Crippen LogP) is -2.48. The number of hydrogen-bond acceptors (Lipinski definition) is 7. The molecule has 1 aromatic heterocycles. The Hall–Kier alpha value is -1.06. The minimum Gasteiger partial charge on any atom is -0.744 e. The minimum absolute atomic E-state index is 0. The molecule has 7 nitrogen and oxygen atoms in total. The smallest absolute Gasteiger partial charge is 0.744 e. The molecule has 1 N–H and O–H groups in total. The Labute approximate surface area is 126 Å². The molecule has 0 aliphatic heterocycles. The zero-order valence-electron chi connectivity index (χ0n) is 9.44. The molecular weight excluding hydrogens is 267 g/mol. The van der Waals surface area contributed by atoms with E-state index in [0.29, 0.717) is 11.6 Å². The molecule has 0 atom stereocenters. The Morgan fingerprint density at radius 1 is 1.06 bits per heavy atom. The van der Waals surface area contributed by atoms with E-state index in [1.54, 1.807) is 0 Å². The van der Waals surface area contributed by atoms with Crippen LogP contribution in [-0.4, -0.2) is 27.9 Å². The first-order valence-electron chi connectivity index (χ1n) is 4.51. The maximum absolute atomic E-state index is 10.7. The van der Waals surface area contributed by atoms with E-state index in [4.69, 9.17) is 0 Å². The molecule has 2 aromatic rings. The number of rotatable bonds is 3. The monoisotopic (exact) mass is 274 g/mol. The van der Waals surface area contributed by atoms with Gasteiger partial charge in [-0.1, -0.05) is 0 Å². The van der Waals surface area contributed by atoms with Gasteiger partial charge >= 0.3 is 29.6 Å². The van der Waals surface area contributed by atoms with Crippen LogP contribution in [0, 0.1) is 0 Å². The first kappa shape index (κ1) is 15.0. The second-order valence-electron chi connectivity index (χ2n) is 3.07. The van der Waals surface area contributed by atoms with Crippen LogP contribution >= 0.6 is 0 Å². The van der Waals surface area contributed by atoms with Crippen LogP contribution in [0.4, 0.5) is 11.6 Å². The summed E-state index contributed by atoms with van der Waals surface area (Å²) < 4.78 is 32.1. The normalized spacial score (nSPS) is 10.5. The molecule has 0 spiro atoms. The summed E-state index contributed by atoms with van der Waals surface area (Å²) >= 11 is 0. The third kappa shape index (κ3) is 4.00. The van der Waals surface area contributed by atoms with Crippen molar-refractivity contribution in [2.75, 3.05) is 5.32 Å². The molecule has 0 unspecified atom stereocenters. The van der Waals surface area contributed by atoms with Crippen molar-refractivity contribution in [2.24, 2.45) is 0 Å². The molecule has 18 heavy (non-hydrogen) atoms. The first-order valence-corrected chi connectivity index (χ1v) is 5.91. The maximum Gasteiger partial charge on any atom is 1.00 e. The van der Waals surface area contributed by atoms with Gasteiger partial charge in [-0.25, -0.2) is 23.4 Å². The van der Waals surface area contributed by atoms with E-state index >= 15 is 0 Å². The van der Waals surface area contributed by atoms with Crippen molar-refractivity contribution in [1.82, 2.24) is 15.0 Å². The molecule has 0 aliphatic carbocycles. The van der Waals surface area contributed by atoms with E-state index in [0.717, 1.165) is 0 Å². The van der Waals surface area contributed by atoms with Gasteiger partial charge in [0.05, 0.1) is 4.90 Å². The van der Waals surface area contributed by atoms with Crippen molar-refractivity contribution in [3.63, 3.8) is 0 Å². The van der Waals surface area contributed by atoms with Crippen LogP contribution in [0.25, 0.3) is 0 Å². The zero-order valence-corrected chi connectivity index (χ0v) is 12.3. The average molecular weight is 274 g/mol. The number of nitrogens with one attached hydrogen (secondary N) is 1. The van der Waals surface area contributed by atoms with Crippen molar-refractivity contribution in [3.05, 3.63) is 36.9 Å². The summed E-state index contributed by atoms with van der Waals surface area (Å²) in [5, 5.41) is 2.82. The van der Waals surface area contributed by atoms with Crippen LogP contribution < -0.4 is 34.9 Å². The molecule has 88 valence electrons. The van der Waals surface area contributed by atoms with Crippen molar-refractivity contribution < 1.29 is 42.5 Å². The molecule has 1 aromatic carbocycles. The Morgan fingerprint density at radius 2 is 1.61 bits per heavy atom. The SMILES string of the molecule is O=S(=O)([O-])c1ccc(Nc2ncncn2)cc1.[Na+]. The average Bonchev–Trinajstić information content (AvgIpc) is 2.30. The Morgan fingerprint density at radius 3 is 2.11 bits per heavy atom. The van der Waals surface area contributed by atoms with Crippen LogP contribution in [0.15, 0.2) is 41.8 Å². The fourth-order valence-corrected chi connectivity index (χ4v) is 1.61. The number of anilines is 2. The van der Waals surface area contributed by atoms with Crippen molar-refractivity contribution >= 4 is 21.8 Å². The Balaban J connectivity index is 0.00000162. The molecule has 1 heterocycles. The molecule has 0 radical (unpaired) electrons. The third-order valence-electron chi connectivity index (χ3n) is 1.89. The van der Waals surface area contributed by atoms with Gasteiger partial charge in [-0.3, -0.25) is 0 Å². The summed E-state index contributed by atoms with van der Waals surface area (Å²) in [6, 6.07) is 5.33. The minimum atomic E-state index is -4.41. The predicted molar refractivity (Wildman–Crippen MR) is 57.5 cm³/mol. The molecule has 0 amide bonds. The van der Waals surface area contributed by atoms with E-state index in [-0.39, 0.29) is 34.5 Å². The second-order valence-corrected chi connectivity index (χ2v) is 4.44. The summed E-state index contributed by atoms with van der Waals surface area (Å²) in [7, 11) is -4.41. The Bertz CT molecular complexity index is 603.